The quantitative estimate of drug-likeness (QED) is 0.240. The lowest BCUT2D eigenvalue weighted by molar-refractivity contribution is 0.216. The predicted molar refractivity (Wildman–Crippen MR) is 158 cm³/mol. The van der Waals surface area contributed by atoms with E-state index in [9.17, 15) is 4.57 Å². The molecule has 0 spiro atoms. The van der Waals surface area contributed by atoms with Crippen molar-refractivity contribution in [2.24, 2.45) is 11.3 Å². The first-order valence-corrected chi connectivity index (χ1v) is 16.5. The minimum absolute atomic E-state index is 0.117. The molecule has 0 bridgehead atoms. The summed E-state index contributed by atoms with van der Waals surface area (Å²) in [5.74, 6) is 2.18. The van der Waals surface area contributed by atoms with E-state index in [1.54, 1.807) is 20.0 Å². The van der Waals surface area contributed by atoms with E-state index in [0.29, 0.717) is 36.6 Å². The fourth-order valence-corrected chi connectivity index (χ4v) is 7.13. The molecular formula is C31H49N2O4P. The Morgan fingerprint density at radius 3 is 2.55 bits per heavy atom. The van der Waals surface area contributed by atoms with Crippen LogP contribution >= 0.6 is 7.37 Å². The van der Waals surface area contributed by atoms with Gasteiger partial charge in [-0.3, -0.25) is 4.57 Å². The molecule has 7 heteroatoms. The van der Waals surface area contributed by atoms with Crippen molar-refractivity contribution in [2.75, 3.05) is 51.1 Å². The van der Waals surface area contributed by atoms with Gasteiger partial charge in [-0.2, -0.15) is 0 Å². The second kappa shape index (κ2) is 13.8. The third kappa shape index (κ3) is 9.61. The van der Waals surface area contributed by atoms with Crippen LogP contribution in [0.5, 0.6) is 11.6 Å². The summed E-state index contributed by atoms with van der Waals surface area (Å²) in [4.78, 5) is 6.95. The summed E-state index contributed by atoms with van der Waals surface area (Å²) in [6.07, 6.45) is 7.98. The van der Waals surface area contributed by atoms with Gasteiger partial charge in [0, 0.05) is 49.9 Å². The summed E-state index contributed by atoms with van der Waals surface area (Å²) in [5, 5.41) is 0. The molecule has 1 saturated heterocycles. The highest BCUT2D eigenvalue weighted by atomic mass is 31.2. The highest BCUT2D eigenvalue weighted by Gasteiger charge is 2.24. The molecule has 1 unspecified atom stereocenters. The Kier molecular flexibility index (Phi) is 11.1. The Labute approximate surface area is 230 Å². The molecule has 0 aliphatic carbocycles. The number of methoxy groups -OCH3 is 1. The first kappa shape index (κ1) is 30.5. The minimum atomic E-state index is -2.59. The molecule has 1 aliphatic heterocycles. The molecule has 1 aromatic carbocycles. The van der Waals surface area contributed by atoms with Gasteiger partial charge in [-0.05, 0) is 79.5 Å². The normalized spacial score (nSPS) is 17.2. The van der Waals surface area contributed by atoms with Crippen LogP contribution in [-0.2, 0) is 15.5 Å². The van der Waals surface area contributed by atoms with Gasteiger partial charge in [0.2, 0.25) is 13.2 Å². The van der Waals surface area contributed by atoms with Crippen LogP contribution in [-0.4, -0.2) is 51.2 Å². The maximum absolute atomic E-state index is 12.6. The standard InChI is InChI=1S/C31H49N2O4P/c1-8-37-38(7,34)23-24(2)27-13-17-32-30(20-27)36-22-25-14-18-33(19-15-25)29-21-28(35-6)12-11-26(29)10-9-16-31(3,4)5/h11-13,17,20-21,24-25H,8-10,14-16,18-19,22-23H2,1-7H3/t24-,38?/m0/s1. The zero-order valence-electron chi connectivity index (χ0n) is 24.7. The molecule has 0 N–H and O–H groups in total. The molecule has 1 fully saturated rings. The van der Waals surface area contributed by atoms with Crippen LogP contribution in [0.4, 0.5) is 5.69 Å². The first-order chi connectivity index (χ1) is 18.0. The zero-order valence-corrected chi connectivity index (χ0v) is 25.6. The van der Waals surface area contributed by atoms with Crippen molar-refractivity contribution in [3.05, 3.63) is 47.7 Å². The van der Waals surface area contributed by atoms with Gasteiger partial charge in [0.15, 0.2) is 0 Å². The van der Waals surface area contributed by atoms with Crippen molar-refractivity contribution in [2.45, 2.75) is 72.6 Å². The third-order valence-electron chi connectivity index (χ3n) is 7.42. The molecule has 0 amide bonds. The number of hydrogen-bond acceptors (Lipinski definition) is 6. The summed E-state index contributed by atoms with van der Waals surface area (Å²) in [6, 6.07) is 10.5. The SMILES string of the molecule is CCOP(C)(=O)C[C@H](C)c1ccnc(OCC2CCN(c3cc(OC)ccc3CCCC(C)(C)C)CC2)c1. The second-order valence-electron chi connectivity index (χ2n) is 12.1. The Morgan fingerprint density at radius 1 is 1.16 bits per heavy atom. The highest BCUT2D eigenvalue weighted by molar-refractivity contribution is 7.58. The van der Waals surface area contributed by atoms with E-state index >= 15 is 0 Å². The number of aryl methyl sites for hydroxylation is 1. The van der Waals surface area contributed by atoms with E-state index in [1.807, 2.05) is 19.1 Å². The fraction of sp³-hybridized carbons (Fsp3) is 0.645. The molecule has 0 saturated carbocycles. The topological polar surface area (TPSA) is 60.9 Å². The molecule has 0 radical (unpaired) electrons. The van der Waals surface area contributed by atoms with Crippen molar-refractivity contribution in [3.63, 3.8) is 0 Å². The summed E-state index contributed by atoms with van der Waals surface area (Å²) in [6.45, 7) is 15.8. The molecule has 38 heavy (non-hydrogen) atoms. The largest absolute Gasteiger partial charge is 0.497 e. The highest BCUT2D eigenvalue weighted by Crippen LogP contribution is 2.46. The lowest BCUT2D eigenvalue weighted by Gasteiger charge is -2.35. The smallest absolute Gasteiger partial charge is 0.213 e. The summed E-state index contributed by atoms with van der Waals surface area (Å²) in [5.41, 5.74) is 4.18. The average molecular weight is 545 g/mol. The van der Waals surface area contributed by atoms with Crippen LogP contribution in [0.25, 0.3) is 0 Å². The number of benzene rings is 1. The summed E-state index contributed by atoms with van der Waals surface area (Å²) in [7, 11) is -0.853. The van der Waals surface area contributed by atoms with Gasteiger partial charge in [-0.15, -0.1) is 0 Å². The molecule has 1 aliphatic rings. The van der Waals surface area contributed by atoms with Gasteiger partial charge in [0.25, 0.3) is 0 Å². The maximum atomic E-state index is 12.6. The molecule has 212 valence electrons. The van der Waals surface area contributed by atoms with E-state index in [1.165, 1.54) is 24.1 Å². The Hall–Kier alpha value is -2.04. The summed E-state index contributed by atoms with van der Waals surface area (Å²) < 4.78 is 29.8. The monoisotopic (exact) mass is 544 g/mol. The van der Waals surface area contributed by atoms with Crippen LogP contribution in [0.1, 0.15) is 77.3 Å². The van der Waals surface area contributed by atoms with Gasteiger partial charge < -0.3 is 18.9 Å². The van der Waals surface area contributed by atoms with Crippen molar-refractivity contribution in [1.82, 2.24) is 4.98 Å². The number of rotatable bonds is 13. The number of piperidine rings is 1. The van der Waals surface area contributed by atoms with Crippen LogP contribution < -0.4 is 14.4 Å². The van der Waals surface area contributed by atoms with Crippen molar-refractivity contribution in [1.29, 1.82) is 0 Å². The molecule has 2 aromatic rings. The van der Waals surface area contributed by atoms with Gasteiger partial charge in [-0.25, -0.2) is 4.98 Å². The van der Waals surface area contributed by atoms with E-state index in [2.05, 4.69) is 55.8 Å². The lowest BCUT2D eigenvalue weighted by Crippen LogP contribution is -2.36. The molecular weight excluding hydrogens is 495 g/mol. The van der Waals surface area contributed by atoms with E-state index < -0.39 is 7.37 Å². The maximum Gasteiger partial charge on any atom is 0.213 e. The second-order valence-corrected chi connectivity index (χ2v) is 14.7. The molecule has 2 heterocycles. The van der Waals surface area contributed by atoms with Gasteiger partial charge in [-0.1, -0.05) is 33.8 Å². The van der Waals surface area contributed by atoms with Crippen molar-refractivity contribution in [3.8, 4) is 11.6 Å². The minimum Gasteiger partial charge on any atom is -0.497 e. The van der Waals surface area contributed by atoms with Crippen LogP contribution in [0.3, 0.4) is 0 Å². The number of aromatic nitrogens is 1. The number of hydrogen-bond donors (Lipinski definition) is 0. The fourth-order valence-electron chi connectivity index (χ4n) is 5.27. The molecule has 6 nitrogen and oxygen atoms in total. The lowest BCUT2D eigenvalue weighted by atomic mass is 9.88. The van der Waals surface area contributed by atoms with Gasteiger partial charge in [0.05, 0.1) is 20.3 Å². The van der Waals surface area contributed by atoms with E-state index in [-0.39, 0.29) is 5.92 Å². The third-order valence-corrected chi connectivity index (χ3v) is 9.44. The Bertz CT molecular complexity index is 1060. The van der Waals surface area contributed by atoms with E-state index in [4.69, 9.17) is 14.0 Å². The molecule has 3 rings (SSSR count). The first-order valence-electron chi connectivity index (χ1n) is 14.2. The summed E-state index contributed by atoms with van der Waals surface area (Å²) >= 11 is 0. The van der Waals surface area contributed by atoms with Gasteiger partial charge >= 0.3 is 0 Å². The van der Waals surface area contributed by atoms with Crippen LogP contribution in [0, 0.1) is 11.3 Å². The molecule has 1 aromatic heterocycles. The zero-order chi connectivity index (χ0) is 27.8. The Balaban J connectivity index is 1.55. The number of nitrogens with zero attached hydrogens (tertiary/aromatic N) is 2. The van der Waals surface area contributed by atoms with Gasteiger partial charge in [0.1, 0.15) is 5.75 Å². The molecule has 2 atom stereocenters. The number of anilines is 1. The number of ether oxygens (including phenoxy) is 2. The average Bonchev–Trinajstić information content (AvgIpc) is 2.87. The Morgan fingerprint density at radius 2 is 1.89 bits per heavy atom. The van der Waals surface area contributed by atoms with Crippen LogP contribution in [0.2, 0.25) is 0 Å². The number of pyridine rings is 1. The predicted octanol–water partition coefficient (Wildman–Crippen LogP) is 7.80. The van der Waals surface area contributed by atoms with E-state index in [0.717, 1.165) is 43.7 Å². The van der Waals surface area contributed by atoms with Crippen molar-refractivity contribution >= 4 is 13.1 Å². The van der Waals surface area contributed by atoms with Crippen molar-refractivity contribution < 1.29 is 18.6 Å². The van der Waals surface area contributed by atoms with Crippen LogP contribution in [0.15, 0.2) is 36.5 Å².